The molecule has 3 rings (SSSR count). The first kappa shape index (κ1) is 13.6. The molecule has 0 unspecified atom stereocenters. The fourth-order valence-corrected chi connectivity index (χ4v) is 3.17. The first-order valence-corrected chi connectivity index (χ1v) is 7.22. The zero-order chi connectivity index (χ0) is 14.8. The van der Waals surface area contributed by atoms with E-state index in [1.54, 1.807) is 24.3 Å². The molecule has 1 heterocycles. The molecule has 21 heavy (non-hydrogen) atoms. The van der Waals surface area contributed by atoms with Crippen LogP contribution in [0.1, 0.15) is 26.3 Å². The van der Waals surface area contributed by atoms with Crippen LogP contribution in [-0.2, 0) is 4.74 Å². The van der Waals surface area contributed by atoms with Gasteiger partial charge in [0, 0.05) is 10.5 Å². The highest BCUT2D eigenvalue weighted by Crippen LogP contribution is 2.40. The van der Waals surface area contributed by atoms with E-state index in [-0.39, 0.29) is 11.8 Å². The highest BCUT2D eigenvalue weighted by Gasteiger charge is 2.24. The van der Waals surface area contributed by atoms with Crippen LogP contribution in [0.25, 0.3) is 6.08 Å². The van der Waals surface area contributed by atoms with E-state index in [2.05, 4.69) is 4.74 Å². The SMILES string of the molecule is COC(=O)c1ccc(C=C2Sc3ccccc3C2=O)cc1. The Labute approximate surface area is 126 Å². The zero-order valence-corrected chi connectivity index (χ0v) is 12.1. The van der Waals surface area contributed by atoms with Crippen molar-refractivity contribution in [3.05, 3.63) is 70.1 Å². The van der Waals surface area contributed by atoms with Crippen molar-refractivity contribution in [3.8, 4) is 0 Å². The van der Waals surface area contributed by atoms with Gasteiger partial charge in [-0.15, -0.1) is 0 Å². The van der Waals surface area contributed by atoms with Crippen LogP contribution in [0.5, 0.6) is 0 Å². The molecule has 4 heteroatoms. The Morgan fingerprint density at radius 3 is 2.48 bits per heavy atom. The van der Waals surface area contributed by atoms with Gasteiger partial charge in [-0.3, -0.25) is 4.79 Å². The Bertz CT molecular complexity index is 745. The minimum Gasteiger partial charge on any atom is -0.465 e. The molecular formula is C17H12O3S. The number of hydrogen-bond donors (Lipinski definition) is 0. The summed E-state index contributed by atoms with van der Waals surface area (Å²) in [6.45, 7) is 0. The fraction of sp³-hybridized carbons (Fsp3) is 0.0588. The molecule has 0 fully saturated rings. The Hall–Kier alpha value is -2.33. The van der Waals surface area contributed by atoms with Gasteiger partial charge >= 0.3 is 5.97 Å². The maximum absolute atomic E-state index is 12.3. The molecule has 0 saturated heterocycles. The number of fused-ring (bicyclic) bond motifs is 1. The molecule has 0 bridgehead atoms. The molecule has 1 aliphatic rings. The highest BCUT2D eigenvalue weighted by atomic mass is 32.2. The van der Waals surface area contributed by atoms with Crippen molar-refractivity contribution in [3.63, 3.8) is 0 Å². The lowest BCUT2D eigenvalue weighted by Gasteiger charge is -2.00. The fourth-order valence-electron chi connectivity index (χ4n) is 2.12. The summed E-state index contributed by atoms with van der Waals surface area (Å²) in [7, 11) is 1.35. The van der Waals surface area contributed by atoms with Crippen LogP contribution in [0.15, 0.2) is 58.3 Å². The van der Waals surface area contributed by atoms with Crippen molar-refractivity contribution in [1.82, 2.24) is 0 Å². The standard InChI is InChI=1S/C17H12O3S/c1-20-17(19)12-8-6-11(7-9-12)10-15-16(18)13-4-2-3-5-14(13)21-15/h2-10H,1H3. The van der Waals surface area contributed by atoms with Gasteiger partial charge in [0.2, 0.25) is 5.78 Å². The smallest absolute Gasteiger partial charge is 0.337 e. The first-order chi connectivity index (χ1) is 10.2. The van der Waals surface area contributed by atoms with Crippen molar-refractivity contribution >= 4 is 29.6 Å². The average Bonchev–Trinajstić information content (AvgIpc) is 2.84. The van der Waals surface area contributed by atoms with Gasteiger partial charge in [-0.05, 0) is 35.9 Å². The van der Waals surface area contributed by atoms with Crippen molar-refractivity contribution in [2.75, 3.05) is 7.11 Å². The number of ketones is 1. The lowest BCUT2D eigenvalue weighted by atomic mass is 10.1. The van der Waals surface area contributed by atoms with Gasteiger partial charge < -0.3 is 4.74 Å². The maximum atomic E-state index is 12.3. The maximum Gasteiger partial charge on any atom is 0.337 e. The van der Waals surface area contributed by atoms with Gasteiger partial charge in [0.25, 0.3) is 0 Å². The van der Waals surface area contributed by atoms with Crippen molar-refractivity contribution in [2.24, 2.45) is 0 Å². The predicted molar refractivity (Wildman–Crippen MR) is 82.4 cm³/mol. The van der Waals surface area contributed by atoms with Crippen LogP contribution >= 0.6 is 11.8 Å². The Morgan fingerprint density at radius 2 is 1.81 bits per heavy atom. The monoisotopic (exact) mass is 296 g/mol. The number of methoxy groups -OCH3 is 1. The summed E-state index contributed by atoms with van der Waals surface area (Å²) in [5.41, 5.74) is 2.12. The second kappa shape index (κ2) is 5.58. The molecule has 0 amide bonds. The summed E-state index contributed by atoms with van der Waals surface area (Å²) in [5, 5.41) is 0. The lowest BCUT2D eigenvalue weighted by Crippen LogP contribution is -2.00. The van der Waals surface area contributed by atoms with Gasteiger partial charge in [0.15, 0.2) is 0 Å². The molecule has 1 aliphatic heterocycles. The van der Waals surface area contributed by atoms with Crippen LogP contribution in [0, 0.1) is 0 Å². The number of allylic oxidation sites excluding steroid dienone is 1. The second-order valence-electron chi connectivity index (χ2n) is 4.55. The minimum absolute atomic E-state index is 0.0487. The number of Topliss-reactive ketones (excluding diaryl/α,β-unsaturated/α-hetero) is 1. The van der Waals surface area contributed by atoms with E-state index in [4.69, 9.17) is 0 Å². The number of carbonyl (C=O) groups is 2. The highest BCUT2D eigenvalue weighted by molar-refractivity contribution is 8.04. The molecule has 0 aromatic heterocycles. The molecule has 0 N–H and O–H groups in total. The summed E-state index contributed by atoms with van der Waals surface area (Å²) in [6, 6.07) is 14.6. The van der Waals surface area contributed by atoms with Crippen molar-refractivity contribution in [2.45, 2.75) is 4.90 Å². The van der Waals surface area contributed by atoms with Crippen LogP contribution in [0.4, 0.5) is 0 Å². The molecule has 0 spiro atoms. The number of ether oxygens (including phenoxy) is 1. The Kier molecular flexibility index (Phi) is 3.62. The average molecular weight is 296 g/mol. The van der Waals surface area contributed by atoms with Gasteiger partial charge in [0.1, 0.15) is 0 Å². The van der Waals surface area contributed by atoms with Gasteiger partial charge in [0.05, 0.1) is 17.6 Å². The van der Waals surface area contributed by atoms with Gasteiger partial charge in [-0.25, -0.2) is 4.79 Å². The van der Waals surface area contributed by atoms with Crippen LogP contribution in [-0.4, -0.2) is 18.9 Å². The van der Waals surface area contributed by atoms with E-state index >= 15 is 0 Å². The Balaban J connectivity index is 1.87. The second-order valence-corrected chi connectivity index (χ2v) is 5.63. The minimum atomic E-state index is -0.368. The third kappa shape index (κ3) is 2.62. The van der Waals surface area contributed by atoms with Crippen LogP contribution in [0.2, 0.25) is 0 Å². The molecule has 2 aromatic rings. The predicted octanol–water partition coefficient (Wildman–Crippen LogP) is 3.80. The number of hydrogen-bond acceptors (Lipinski definition) is 4. The van der Waals surface area contributed by atoms with Crippen LogP contribution < -0.4 is 0 Å². The van der Waals surface area contributed by atoms with E-state index in [1.165, 1.54) is 18.9 Å². The van der Waals surface area contributed by atoms with E-state index in [1.807, 2.05) is 30.3 Å². The molecule has 104 valence electrons. The summed E-state index contributed by atoms with van der Waals surface area (Å²) in [6.07, 6.45) is 1.84. The van der Waals surface area contributed by atoms with Crippen molar-refractivity contribution in [1.29, 1.82) is 0 Å². The number of thioether (sulfide) groups is 1. The third-order valence-corrected chi connectivity index (χ3v) is 4.30. The van der Waals surface area contributed by atoms with Gasteiger partial charge in [-0.2, -0.15) is 0 Å². The molecule has 0 saturated carbocycles. The number of carbonyl (C=O) groups excluding carboxylic acids is 2. The zero-order valence-electron chi connectivity index (χ0n) is 11.3. The topological polar surface area (TPSA) is 43.4 Å². The first-order valence-electron chi connectivity index (χ1n) is 6.40. The van der Waals surface area contributed by atoms with E-state index in [0.717, 1.165) is 16.0 Å². The van der Waals surface area contributed by atoms with Crippen molar-refractivity contribution < 1.29 is 14.3 Å². The van der Waals surface area contributed by atoms with Gasteiger partial charge in [-0.1, -0.05) is 36.0 Å². The lowest BCUT2D eigenvalue weighted by molar-refractivity contribution is 0.0600. The summed E-state index contributed by atoms with van der Waals surface area (Å²) < 4.78 is 4.66. The Morgan fingerprint density at radius 1 is 1.10 bits per heavy atom. The molecule has 2 aromatic carbocycles. The third-order valence-electron chi connectivity index (χ3n) is 3.20. The normalized spacial score (nSPS) is 15.1. The van der Waals surface area contributed by atoms with Crippen LogP contribution in [0.3, 0.4) is 0 Å². The summed E-state index contributed by atoms with van der Waals surface area (Å²) >= 11 is 1.47. The van der Waals surface area contributed by atoms with E-state index < -0.39 is 0 Å². The van der Waals surface area contributed by atoms with E-state index in [0.29, 0.717) is 10.5 Å². The summed E-state index contributed by atoms with van der Waals surface area (Å²) in [5.74, 6) is -0.319. The molecular weight excluding hydrogens is 284 g/mol. The summed E-state index contributed by atoms with van der Waals surface area (Å²) in [4.78, 5) is 25.3. The molecule has 0 radical (unpaired) electrons. The number of esters is 1. The van der Waals surface area contributed by atoms with E-state index in [9.17, 15) is 9.59 Å². The molecule has 3 nitrogen and oxygen atoms in total. The molecule has 0 aliphatic carbocycles. The number of benzene rings is 2. The largest absolute Gasteiger partial charge is 0.465 e. The molecule has 0 atom stereocenters. The quantitative estimate of drug-likeness (QED) is 0.624. The number of rotatable bonds is 2.